The van der Waals surface area contributed by atoms with E-state index in [0.29, 0.717) is 35.4 Å². The molecular weight excluding hydrogens is 404 g/mol. The van der Waals surface area contributed by atoms with Crippen molar-refractivity contribution < 1.29 is 28.5 Å². The molecule has 0 amide bonds. The SMILES string of the molecule is COc1nc(N)nc2c1ccn2C1CC(OC(=O)c2ccc(C)cc2)C(COC=O)O1. The summed E-state index contributed by atoms with van der Waals surface area (Å²) >= 11 is 0. The van der Waals surface area contributed by atoms with E-state index in [-0.39, 0.29) is 12.6 Å². The lowest BCUT2D eigenvalue weighted by molar-refractivity contribution is -0.135. The second-order valence-electron chi connectivity index (χ2n) is 7.16. The predicted molar refractivity (Wildman–Crippen MR) is 109 cm³/mol. The summed E-state index contributed by atoms with van der Waals surface area (Å²) in [5.41, 5.74) is 7.79. The molecule has 3 heterocycles. The summed E-state index contributed by atoms with van der Waals surface area (Å²) in [5.74, 6) is -0.0659. The lowest BCUT2D eigenvalue weighted by Crippen LogP contribution is -2.31. The maximum absolute atomic E-state index is 12.6. The van der Waals surface area contributed by atoms with E-state index in [1.807, 2.05) is 19.1 Å². The summed E-state index contributed by atoms with van der Waals surface area (Å²) in [6, 6.07) is 8.86. The van der Waals surface area contributed by atoms with Crippen LogP contribution in [0, 0.1) is 6.92 Å². The number of nitrogen functional groups attached to an aromatic ring is 1. The molecule has 0 bridgehead atoms. The van der Waals surface area contributed by atoms with Gasteiger partial charge in [-0.05, 0) is 25.1 Å². The molecule has 31 heavy (non-hydrogen) atoms. The molecule has 4 rings (SSSR count). The van der Waals surface area contributed by atoms with E-state index in [1.54, 1.807) is 29.0 Å². The van der Waals surface area contributed by atoms with Crippen molar-refractivity contribution in [1.82, 2.24) is 14.5 Å². The first-order valence-electron chi connectivity index (χ1n) is 9.66. The number of carbonyl (C=O) groups excluding carboxylic acids is 2. The van der Waals surface area contributed by atoms with Crippen molar-refractivity contribution in [3.8, 4) is 5.88 Å². The Labute approximate surface area is 177 Å². The summed E-state index contributed by atoms with van der Waals surface area (Å²) in [6.07, 6.45) is 0.321. The summed E-state index contributed by atoms with van der Waals surface area (Å²) in [7, 11) is 1.50. The van der Waals surface area contributed by atoms with Crippen LogP contribution in [0.2, 0.25) is 0 Å². The number of ether oxygens (including phenoxy) is 4. The van der Waals surface area contributed by atoms with Gasteiger partial charge in [0.1, 0.15) is 25.0 Å². The van der Waals surface area contributed by atoms with Crippen LogP contribution < -0.4 is 10.5 Å². The van der Waals surface area contributed by atoms with Gasteiger partial charge in [-0.15, -0.1) is 0 Å². The Morgan fingerprint density at radius 2 is 2.06 bits per heavy atom. The van der Waals surface area contributed by atoms with Crippen LogP contribution in [0.4, 0.5) is 5.95 Å². The Morgan fingerprint density at radius 3 is 2.77 bits per heavy atom. The molecule has 3 unspecified atom stereocenters. The van der Waals surface area contributed by atoms with Crippen molar-refractivity contribution in [2.45, 2.75) is 31.8 Å². The Morgan fingerprint density at radius 1 is 1.29 bits per heavy atom. The highest BCUT2D eigenvalue weighted by molar-refractivity contribution is 5.89. The second-order valence-corrected chi connectivity index (χ2v) is 7.16. The van der Waals surface area contributed by atoms with Gasteiger partial charge >= 0.3 is 5.97 Å². The molecule has 2 N–H and O–H groups in total. The molecule has 1 fully saturated rings. The van der Waals surface area contributed by atoms with Gasteiger partial charge in [-0.25, -0.2) is 4.79 Å². The number of methoxy groups -OCH3 is 1. The molecule has 0 radical (unpaired) electrons. The zero-order valence-corrected chi connectivity index (χ0v) is 17.1. The van der Waals surface area contributed by atoms with Gasteiger partial charge in [0.05, 0.1) is 18.1 Å². The molecular formula is C21H22N4O6. The molecule has 2 aromatic heterocycles. The monoisotopic (exact) mass is 426 g/mol. The van der Waals surface area contributed by atoms with Crippen molar-refractivity contribution in [2.75, 3.05) is 19.5 Å². The zero-order chi connectivity index (χ0) is 22.0. The van der Waals surface area contributed by atoms with Crippen LogP contribution in [-0.4, -0.2) is 52.9 Å². The maximum atomic E-state index is 12.6. The van der Waals surface area contributed by atoms with Crippen molar-refractivity contribution in [1.29, 1.82) is 0 Å². The first kappa shape index (κ1) is 20.6. The van der Waals surface area contributed by atoms with Crippen LogP contribution in [0.3, 0.4) is 0 Å². The lowest BCUT2D eigenvalue weighted by Gasteiger charge is -2.18. The van der Waals surface area contributed by atoms with E-state index in [4.69, 9.17) is 24.7 Å². The number of anilines is 1. The van der Waals surface area contributed by atoms with E-state index in [1.165, 1.54) is 7.11 Å². The predicted octanol–water partition coefficient (Wildman–Crippen LogP) is 2.02. The topological polar surface area (TPSA) is 128 Å². The molecule has 10 nitrogen and oxygen atoms in total. The summed E-state index contributed by atoms with van der Waals surface area (Å²) in [4.78, 5) is 31.7. The number of nitrogens with zero attached hydrogens (tertiary/aromatic N) is 3. The Bertz CT molecular complexity index is 1100. The first-order valence-corrected chi connectivity index (χ1v) is 9.66. The van der Waals surface area contributed by atoms with E-state index in [9.17, 15) is 9.59 Å². The highest BCUT2D eigenvalue weighted by Crippen LogP contribution is 2.35. The van der Waals surface area contributed by atoms with E-state index in [2.05, 4.69) is 9.97 Å². The van der Waals surface area contributed by atoms with Crippen LogP contribution >= 0.6 is 0 Å². The highest BCUT2D eigenvalue weighted by Gasteiger charge is 2.40. The smallest absolute Gasteiger partial charge is 0.338 e. The molecule has 1 saturated heterocycles. The van der Waals surface area contributed by atoms with E-state index >= 15 is 0 Å². The minimum atomic E-state index is -0.636. The second kappa shape index (κ2) is 8.60. The van der Waals surface area contributed by atoms with Crippen LogP contribution in [0.25, 0.3) is 11.0 Å². The number of rotatable bonds is 7. The number of fused-ring (bicyclic) bond motifs is 1. The number of hydrogen-bond donors (Lipinski definition) is 1. The molecule has 1 aromatic carbocycles. The molecule has 10 heteroatoms. The van der Waals surface area contributed by atoms with Gasteiger partial charge in [-0.2, -0.15) is 9.97 Å². The summed E-state index contributed by atoms with van der Waals surface area (Å²) < 4.78 is 23.7. The highest BCUT2D eigenvalue weighted by atomic mass is 16.6. The molecule has 3 aromatic rings. The van der Waals surface area contributed by atoms with Gasteiger partial charge in [-0.3, -0.25) is 4.79 Å². The van der Waals surface area contributed by atoms with Gasteiger partial charge in [-0.1, -0.05) is 17.7 Å². The molecule has 1 aliphatic rings. The van der Waals surface area contributed by atoms with Crippen LogP contribution in [0.15, 0.2) is 36.5 Å². The van der Waals surface area contributed by atoms with Crippen LogP contribution in [0.1, 0.15) is 28.6 Å². The summed E-state index contributed by atoms with van der Waals surface area (Å²) in [6.45, 7) is 2.22. The van der Waals surface area contributed by atoms with Gasteiger partial charge in [0.15, 0.2) is 5.65 Å². The third-order valence-corrected chi connectivity index (χ3v) is 5.11. The Hall–Kier alpha value is -3.66. The number of aryl methyl sites for hydroxylation is 1. The maximum Gasteiger partial charge on any atom is 0.338 e. The van der Waals surface area contributed by atoms with Gasteiger partial charge in [0, 0.05) is 12.6 Å². The number of nitrogens with two attached hydrogens (primary N) is 1. The quantitative estimate of drug-likeness (QED) is 0.446. The molecule has 3 atom stereocenters. The molecule has 0 saturated carbocycles. The van der Waals surface area contributed by atoms with Gasteiger partial charge in [0.2, 0.25) is 11.8 Å². The summed E-state index contributed by atoms with van der Waals surface area (Å²) in [5, 5.41) is 0.668. The average Bonchev–Trinajstić information content (AvgIpc) is 3.35. The number of esters is 1. The average molecular weight is 426 g/mol. The fourth-order valence-electron chi connectivity index (χ4n) is 3.58. The van der Waals surface area contributed by atoms with Crippen molar-refractivity contribution in [3.63, 3.8) is 0 Å². The number of benzene rings is 1. The minimum absolute atomic E-state index is 0.0501. The van der Waals surface area contributed by atoms with Gasteiger partial charge < -0.3 is 29.2 Å². The Balaban J connectivity index is 1.59. The number of carbonyl (C=O) groups is 2. The zero-order valence-electron chi connectivity index (χ0n) is 17.1. The molecule has 0 spiro atoms. The van der Waals surface area contributed by atoms with E-state index < -0.39 is 24.4 Å². The normalized spacial score (nSPS) is 20.5. The lowest BCUT2D eigenvalue weighted by atomic mass is 10.1. The first-order chi connectivity index (χ1) is 15.0. The van der Waals surface area contributed by atoms with Crippen LogP contribution in [0.5, 0.6) is 5.88 Å². The standard InChI is InChI=1S/C21H22N4O6/c1-12-3-5-13(6-4-12)20(27)31-15-9-17(30-16(15)10-29-11-26)25-8-7-14-18(25)23-21(22)24-19(14)28-2/h3-8,11,15-17H,9-10H2,1-2H3,(H2,22,23,24). The fraction of sp³-hybridized carbons (Fsp3) is 0.333. The van der Waals surface area contributed by atoms with Crippen molar-refractivity contribution >= 4 is 29.4 Å². The molecule has 1 aliphatic heterocycles. The third-order valence-electron chi connectivity index (χ3n) is 5.11. The number of aromatic nitrogens is 3. The minimum Gasteiger partial charge on any atom is -0.480 e. The largest absolute Gasteiger partial charge is 0.480 e. The van der Waals surface area contributed by atoms with Crippen LogP contribution in [-0.2, 0) is 19.0 Å². The Kier molecular flexibility index (Phi) is 5.72. The fourth-order valence-corrected chi connectivity index (χ4v) is 3.58. The van der Waals surface area contributed by atoms with Gasteiger partial charge in [0.25, 0.3) is 6.47 Å². The molecule has 162 valence electrons. The van der Waals surface area contributed by atoms with E-state index in [0.717, 1.165) is 5.56 Å². The number of hydrogen-bond acceptors (Lipinski definition) is 9. The molecule has 0 aliphatic carbocycles. The van der Waals surface area contributed by atoms with Crippen molar-refractivity contribution in [2.24, 2.45) is 0 Å². The van der Waals surface area contributed by atoms with Crippen molar-refractivity contribution in [3.05, 3.63) is 47.7 Å². The third kappa shape index (κ3) is 4.15.